The van der Waals surface area contributed by atoms with E-state index in [9.17, 15) is 13.6 Å². The second-order valence-electron chi connectivity index (χ2n) is 9.08. The normalized spacial score (nSPS) is 20.4. The Hall–Kier alpha value is -3.17. The summed E-state index contributed by atoms with van der Waals surface area (Å²) in [6, 6.07) is 10.8. The molecule has 35 heavy (non-hydrogen) atoms. The third-order valence-electron chi connectivity index (χ3n) is 5.99. The molecule has 0 spiro atoms. The number of hydrogen-bond acceptors (Lipinski definition) is 6. The molecule has 2 heterocycles. The smallest absolute Gasteiger partial charge is 0.221 e. The molecule has 7 nitrogen and oxygen atoms in total. The predicted octanol–water partition coefficient (Wildman–Crippen LogP) is 3.22. The molecule has 4 rings (SSSR count). The lowest BCUT2D eigenvalue weighted by Gasteiger charge is -2.26. The van der Waals surface area contributed by atoms with Crippen molar-refractivity contribution in [2.75, 3.05) is 46.0 Å². The van der Waals surface area contributed by atoms with E-state index in [1.54, 1.807) is 30.5 Å². The van der Waals surface area contributed by atoms with E-state index >= 15 is 0 Å². The summed E-state index contributed by atoms with van der Waals surface area (Å²) in [7, 11) is 0. The summed E-state index contributed by atoms with van der Waals surface area (Å²) in [5.74, 6) is -0.239. The molecule has 1 atom stereocenters. The number of morpholine rings is 1. The summed E-state index contributed by atoms with van der Waals surface area (Å²) < 4.78 is 39.1. The maximum atomic E-state index is 14.8. The van der Waals surface area contributed by atoms with Gasteiger partial charge in [-0.1, -0.05) is 19.1 Å². The molecule has 186 valence electrons. The molecule has 9 heteroatoms. The molecule has 2 aromatic rings. The minimum atomic E-state index is -0.589. The number of nitrogens with zero attached hydrogens (tertiary/aromatic N) is 3. The van der Waals surface area contributed by atoms with Gasteiger partial charge in [0, 0.05) is 50.3 Å². The summed E-state index contributed by atoms with van der Waals surface area (Å²) in [5, 5.41) is 2.80. The Morgan fingerprint density at radius 1 is 1.20 bits per heavy atom. The fourth-order valence-electron chi connectivity index (χ4n) is 3.97. The van der Waals surface area contributed by atoms with E-state index in [-0.39, 0.29) is 24.7 Å². The van der Waals surface area contributed by atoms with Gasteiger partial charge in [-0.25, -0.2) is 13.8 Å². The third-order valence-corrected chi connectivity index (χ3v) is 5.99. The molecule has 0 bridgehead atoms. The van der Waals surface area contributed by atoms with Crippen molar-refractivity contribution in [3.05, 3.63) is 65.2 Å². The lowest BCUT2D eigenvalue weighted by Crippen LogP contribution is -2.38. The van der Waals surface area contributed by atoms with Gasteiger partial charge in [-0.3, -0.25) is 14.7 Å². The Morgan fingerprint density at radius 3 is 2.74 bits per heavy atom. The highest BCUT2D eigenvalue weighted by atomic mass is 19.1. The average molecular weight is 485 g/mol. The van der Waals surface area contributed by atoms with Gasteiger partial charge in [0.2, 0.25) is 5.91 Å². The highest BCUT2D eigenvalue weighted by Gasteiger charge is 2.29. The van der Waals surface area contributed by atoms with Gasteiger partial charge in [-0.15, -0.1) is 0 Å². The van der Waals surface area contributed by atoms with Gasteiger partial charge in [0.25, 0.3) is 0 Å². The number of rotatable bonds is 9. The first kappa shape index (κ1) is 24.9. The highest BCUT2D eigenvalue weighted by Crippen LogP contribution is 2.25. The van der Waals surface area contributed by atoms with Crippen LogP contribution in [0.2, 0.25) is 0 Å². The third kappa shape index (κ3) is 7.16. The van der Waals surface area contributed by atoms with Crippen LogP contribution in [0.4, 0.5) is 8.78 Å². The van der Waals surface area contributed by atoms with E-state index in [0.29, 0.717) is 35.9 Å². The van der Waals surface area contributed by atoms with Crippen molar-refractivity contribution in [3.63, 3.8) is 0 Å². The fraction of sp³-hybridized carbons (Fsp3) is 0.423. The van der Waals surface area contributed by atoms with E-state index in [4.69, 9.17) is 9.47 Å². The zero-order chi connectivity index (χ0) is 24.7. The number of carbonyl (C=O) groups excluding carboxylic acids is 1. The maximum absolute atomic E-state index is 14.8. The first-order valence-electron chi connectivity index (χ1n) is 11.7. The molecule has 2 aliphatic heterocycles. The number of benzene rings is 2. The van der Waals surface area contributed by atoms with Crippen LogP contribution < -0.4 is 10.1 Å². The van der Waals surface area contributed by atoms with Crippen molar-refractivity contribution in [1.82, 2.24) is 10.2 Å². The summed E-state index contributed by atoms with van der Waals surface area (Å²) in [6.07, 6.45) is 1.82. The molecule has 2 aliphatic rings. The fourth-order valence-corrected chi connectivity index (χ4v) is 3.97. The molecule has 2 aromatic carbocycles. The number of nitrogens with one attached hydrogen (secondary N) is 1. The first-order valence-corrected chi connectivity index (χ1v) is 11.7. The van der Waals surface area contributed by atoms with E-state index < -0.39 is 11.2 Å². The topological polar surface area (TPSA) is 75.5 Å². The number of ether oxygens (including phenoxy) is 2. The maximum Gasteiger partial charge on any atom is 0.221 e. The predicted molar refractivity (Wildman–Crippen MR) is 130 cm³/mol. The van der Waals surface area contributed by atoms with Crippen molar-refractivity contribution < 1.29 is 23.0 Å². The quantitative estimate of drug-likeness (QED) is 0.593. The van der Waals surface area contributed by atoms with E-state index in [1.807, 2.05) is 6.92 Å². The molecule has 1 unspecified atom stereocenters. The van der Waals surface area contributed by atoms with Crippen LogP contribution in [0.1, 0.15) is 24.5 Å². The van der Waals surface area contributed by atoms with Crippen molar-refractivity contribution in [3.8, 4) is 5.75 Å². The molecule has 0 saturated carbocycles. The molecule has 1 saturated heterocycles. The largest absolute Gasteiger partial charge is 0.492 e. The van der Waals surface area contributed by atoms with Gasteiger partial charge < -0.3 is 14.8 Å². The van der Waals surface area contributed by atoms with Crippen molar-refractivity contribution >= 4 is 18.0 Å². The van der Waals surface area contributed by atoms with Crippen LogP contribution in [0.5, 0.6) is 5.75 Å². The summed E-state index contributed by atoms with van der Waals surface area (Å²) >= 11 is 0. The van der Waals surface area contributed by atoms with Crippen molar-refractivity contribution in [1.29, 1.82) is 0 Å². The summed E-state index contributed by atoms with van der Waals surface area (Å²) in [5.41, 5.74) is 0.388. The van der Waals surface area contributed by atoms with Crippen LogP contribution in [0.3, 0.4) is 0 Å². The number of halogens is 2. The van der Waals surface area contributed by atoms with Gasteiger partial charge in [0.15, 0.2) is 5.84 Å². The molecule has 0 aromatic heterocycles. The first-order chi connectivity index (χ1) is 16.9. The Kier molecular flexibility index (Phi) is 8.20. The highest BCUT2D eigenvalue weighted by molar-refractivity contribution is 6.05. The SMILES string of the molecule is CC1(CC(=O)NCc2cccc(F)c2)C=NC(c2ccc(OCCN3CCOCC3)cc2F)=NC1. The van der Waals surface area contributed by atoms with Crippen LogP contribution in [0.15, 0.2) is 52.4 Å². The van der Waals surface area contributed by atoms with Crippen LogP contribution >= 0.6 is 0 Å². The van der Waals surface area contributed by atoms with E-state index in [1.165, 1.54) is 18.2 Å². The Balaban J connectivity index is 1.27. The molecule has 1 amide bonds. The summed E-state index contributed by atoms with van der Waals surface area (Å²) in [4.78, 5) is 23.4. The average Bonchev–Trinajstić information content (AvgIpc) is 2.84. The van der Waals surface area contributed by atoms with Crippen LogP contribution in [-0.4, -0.2) is 68.9 Å². The zero-order valence-corrected chi connectivity index (χ0v) is 19.8. The second-order valence-corrected chi connectivity index (χ2v) is 9.08. The van der Waals surface area contributed by atoms with Crippen LogP contribution in [-0.2, 0) is 16.1 Å². The standard InChI is InChI=1S/C26H30F2N4O3/c1-26(15-24(33)29-16-19-3-2-4-20(27)13-19)17-30-25(31-18-26)22-6-5-21(14-23(22)28)35-12-9-32-7-10-34-11-8-32/h2-6,13-14,17H,7-12,15-16,18H2,1H3,(H,29,33). The van der Waals surface area contributed by atoms with Gasteiger partial charge in [0.1, 0.15) is 24.0 Å². The number of aliphatic imine (C=N–C) groups is 2. The van der Waals surface area contributed by atoms with Gasteiger partial charge in [-0.05, 0) is 29.8 Å². The minimum Gasteiger partial charge on any atom is -0.492 e. The Labute approximate surface area is 203 Å². The molecule has 1 N–H and O–H groups in total. The van der Waals surface area contributed by atoms with Gasteiger partial charge in [0.05, 0.1) is 25.3 Å². The lowest BCUT2D eigenvalue weighted by molar-refractivity contribution is -0.122. The second kappa shape index (κ2) is 11.5. The molecule has 0 radical (unpaired) electrons. The van der Waals surface area contributed by atoms with Crippen molar-refractivity contribution in [2.45, 2.75) is 19.9 Å². The summed E-state index contributed by atoms with van der Waals surface area (Å²) in [6.45, 7) is 6.86. The zero-order valence-electron chi connectivity index (χ0n) is 19.8. The van der Waals surface area contributed by atoms with Crippen LogP contribution in [0, 0.1) is 17.0 Å². The van der Waals surface area contributed by atoms with Crippen LogP contribution in [0.25, 0.3) is 0 Å². The molecule has 0 aliphatic carbocycles. The lowest BCUT2D eigenvalue weighted by atomic mass is 9.87. The molecule has 1 fully saturated rings. The Morgan fingerprint density at radius 2 is 2.03 bits per heavy atom. The number of amidine groups is 1. The monoisotopic (exact) mass is 484 g/mol. The van der Waals surface area contributed by atoms with E-state index in [2.05, 4.69) is 20.2 Å². The Bertz CT molecular complexity index is 1100. The van der Waals surface area contributed by atoms with Gasteiger partial charge in [-0.2, -0.15) is 0 Å². The number of hydrogen-bond donors (Lipinski definition) is 1. The minimum absolute atomic E-state index is 0.168. The number of amides is 1. The number of carbonyl (C=O) groups is 1. The molecular weight excluding hydrogens is 454 g/mol. The molecular formula is C26H30F2N4O3. The van der Waals surface area contributed by atoms with Crippen molar-refractivity contribution in [2.24, 2.45) is 15.4 Å². The van der Waals surface area contributed by atoms with Gasteiger partial charge >= 0.3 is 0 Å². The van der Waals surface area contributed by atoms with E-state index in [0.717, 1.165) is 32.8 Å².